The molecule has 4 rings (SSSR count). The van der Waals surface area contributed by atoms with Crippen LogP contribution in [0.25, 0.3) is 11.3 Å². The van der Waals surface area contributed by atoms with Crippen LogP contribution in [0.1, 0.15) is 41.3 Å². The summed E-state index contributed by atoms with van der Waals surface area (Å²) >= 11 is 5.25. The zero-order chi connectivity index (χ0) is 29.7. The second-order valence-electron chi connectivity index (χ2n) is 9.29. The number of nitrogens with two attached hydrogens (primary N) is 1. The number of hydrogen-bond acceptors (Lipinski definition) is 5. The molecule has 4 aromatic rings. The topological polar surface area (TPSA) is 97.8 Å². The van der Waals surface area contributed by atoms with E-state index in [0.29, 0.717) is 11.5 Å². The second-order valence-corrected chi connectivity index (χ2v) is 9.71. The van der Waals surface area contributed by atoms with Crippen molar-refractivity contribution in [3.8, 4) is 17.0 Å². The molecule has 0 unspecified atom stereocenters. The normalized spacial score (nSPS) is 11.6. The van der Waals surface area contributed by atoms with Crippen LogP contribution in [0.3, 0.4) is 0 Å². The molecular weight excluding hydrogens is 553 g/mol. The number of para-hydroxylation sites is 1. The van der Waals surface area contributed by atoms with Crippen LogP contribution >= 0.6 is 12.2 Å². The molecule has 0 bridgehead atoms. The minimum Gasteiger partial charge on any atom is -0.406 e. The second kappa shape index (κ2) is 12.2. The lowest BCUT2D eigenvalue weighted by molar-refractivity contribution is -0.274. The maximum atomic E-state index is 12.6. The molecule has 3 N–H and O–H groups in total. The van der Waals surface area contributed by atoms with Crippen molar-refractivity contribution in [3.05, 3.63) is 95.6 Å². The molecule has 1 aromatic heterocycles. The van der Waals surface area contributed by atoms with E-state index in [4.69, 9.17) is 18.0 Å². The Bertz CT molecular complexity index is 1560. The Labute approximate surface area is 240 Å². The van der Waals surface area contributed by atoms with E-state index in [-0.39, 0.29) is 16.6 Å². The van der Waals surface area contributed by atoms with Crippen molar-refractivity contribution in [2.75, 3.05) is 10.3 Å². The third-order valence-corrected chi connectivity index (χ3v) is 6.17. The molecule has 8 nitrogen and oxygen atoms in total. The number of amides is 1. The van der Waals surface area contributed by atoms with E-state index < -0.39 is 18.0 Å². The molecule has 3 aromatic carbocycles. The molecule has 0 aliphatic carbocycles. The van der Waals surface area contributed by atoms with Gasteiger partial charge in [0.2, 0.25) is 0 Å². The third-order valence-electron chi connectivity index (χ3n) is 6.00. The van der Waals surface area contributed by atoms with Crippen molar-refractivity contribution in [2.24, 2.45) is 17.9 Å². The molecule has 1 amide bonds. The van der Waals surface area contributed by atoms with Gasteiger partial charge in [-0.2, -0.15) is 10.2 Å². The summed E-state index contributed by atoms with van der Waals surface area (Å²) < 4.78 is 42.4. The van der Waals surface area contributed by atoms with E-state index in [2.05, 4.69) is 34.1 Å². The molecule has 0 fully saturated rings. The zero-order valence-corrected chi connectivity index (χ0v) is 23.2. The Kier molecular flexibility index (Phi) is 8.72. The minimum atomic E-state index is -4.81. The Balaban J connectivity index is 1.46. The number of thiocarbonyl (C=S) groups is 1. The van der Waals surface area contributed by atoms with Gasteiger partial charge in [0, 0.05) is 24.2 Å². The van der Waals surface area contributed by atoms with Crippen molar-refractivity contribution in [3.63, 3.8) is 0 Å². The average molecular weight is 581 g/mol. The predicted molar refractivity (Wildman–Crippen MR) is 157 cm³/mol. The summed E-state index contributed by atoms with van der Waals surface area (Å²) in [7, 11) is 1.67. The number of rotatable bonds is 8. The summed E-state index contributed by atoms with van der Waals surface area (Å²) in [6.07, 6.45) is -3.15. The highest BCUT2D eigenvalue weighted by molar-refractivity contribution is 7.80. The van der Waals surface area contributed by atoms with Gasteiger partial charge in [-0.3, -0.25) is 9.48 Å². The number of alkyl halides is 3. The third kappa shape index (κ3) is 7.48. The van der Waals surface area contributed by atoms with Crippen LogP contribution in [0.4, 0.5) is 24.7 Å². The first-order valence-electron chi connectivity index (χ1n) is 12.5. The molecule has 0 saturated heterocycles. The van der Waals surface area contributed by atoms with Crippen molar-refractivity contribution in [2.45, 2.75) is 26.1 Å². The lowest BCUT2D eigenvalue weighted by atomic mass is 10.0. The average Bonchev–Trinajstić information content (AvgIpc) is 3.28. The van der Waals surface area contributed by atoms with Gasteiger partial charge in [-0.1, -0.05) is 56.3 Å². The van der Waals surface area contributed by atoms with Gasteiger partial charge in [0.25, 0.3) is 5.91 Å². The quantitative estimate of drug-likeness (QED) is 0.141. The fraction of sp³-hybridized carbons (Fsp3) is 0.172. The zero-order valence-electron chi connectivity index (χ0n) is 22.4. The Morgan fingerprint density at radius 2 is 1.76 bits per heavy atom. The predicted octanol–water partition coefficient (Wildman–Crippen LogP) is 6.45. The first-order chi connectivity index (χ1) is 19.4. The molecule has 12 heteroatoms. The number of nitrogens with zero attached hydrogens (tertiary/aromatic N) is 4. The monoisotopic (exact) mass is 580 g/mol. The minimum absolute atomic E-state index is 0.125. The van der Waals surface area contributed by atoms with Crippen molar-refractivity contribution in [1.29, 1.82) is 0 Å². The van der Waals surface area contributed by atoms with E-state index in [1.54, 1.807) is 19.3 Å². The number of nitrogens with one attached hydrogen (secondary N) is 1. The summed E-state index contributed by atoms with van der Waals surface area (Å²) in [4.78, 5) is 12.6. The van der Waals surface area contributed by atoms with Crippen molar-refractivity contribution >= 4 is 41.0 Å². The summed E-state index contributed by atoms with van der Waals surface area (Å²) in [6, 6.07) is 21.6. The molecule has 0 atom stereocenters. The number of aromatic nitrogens is 2. The Morgan fingerprint density at radius 3 is 2.37 bits per heavy atom. The van der Waals surface area contributed by atoms with Crippen molar-refractivity contribution < 1.29 is 22.7 Å². The lowest BCUT2D eigenvalue weighted by Crippen LogP contribution is -2.31. The van der Waals surface area contributed by atoms with E-state index >= 15 is 0 Å². The molecule has 0 radical (unpaired) electrons. The Morgan fingerprint density at radius 1 is 1.10 bits per heavy atom. The molecule has 0 aliphatic rings. The highest BCUT2D eigenvalue weighted by Gasteiger charge is 2.31. The maximum absolute atomic E-state index is 12.6. The number of halogens is 3. The standard InChI is InChI=1S/C29H27F3N6O2S/c1-18(2)23-6-4-5-7-25(23)38(28(33)41)34-17-19-8-10-20(11-9-19)24-16-26(37(3)36-24)35-27(39)21-12-14-22(15-13-21)40-29(30,31)32/h4-18H,1-3H3,(H2,33,41)(H,35,39)/b34-17+. The molecule has 0 spiro atoms. The number of ether oxygens (including phenoxy) is 1. The summed E-state index contributed by atoms with van der Waals surface area (Å²) in [5.74, 6) is -0.263. The number of hydrogen-bond donors (Lipinski definition) is 2. The number of carbonyl (C=O) groups is 1. The summed E-state index contributed by atoms with van der Waals surface area (Å²) in [5, 5.41) is 13.3. The number of benzene rings is 3. The van der Waals surface area contributed by atoms with E-state index in [1.165, 1.54) is 21.8 Å². The van der Waals surface area contributed by atoms with Gasteiger partial charge in [-0.15, -0.1) is 13.2 Å². The number of anilines is 2. The molecule has 212 valence electrons. The van der Waals surface area contributed by atoms with Gasteiger partial charge in [-0.25, -0.2) is 5.01 Å². The van der Waals surface area contributed by atoms with E-state index in [1.807, 2.05) is 48.5 Å². The van der Waals surface area contributed by atoms with Gasteiger partial charge in [0.1, 0.15) is 11.6 Å². The maximum Gasteiger partial charge on any atom is 0.573 e. The largest absolute Gasteiger partial charge is 0.573 e. The first-order valence-corrected chi connectivity index (χ1v) is 12.9. The van der Waals surface area contributed by atoms with Crippen LogP contribution in [0.2, 0.25) is 0 Å². The smallest absolute Gasteiger partial charge is 0.406 e. The molecule has 0 aliphatic heterocycles. The van der Waals surface area contributed by atoms with Crippen LogP contribution in [0.15, 0.2) is 84.0 Å². The molecule has 0 saturated carbocycles. The highest BCUT2D eigenvalue weighted by atomic mass is 32.1. The van der Waals surface area contributed by atoms with Gasteiger partial charge in [-0.05, 0) is 59.6 Å². The van der Waals surface area contributed by atoms with Gasteiger partial charge >= 0.3 is 6.36 Å². The van der Waals surface area contributed by atoms with Crippen LogP contribution < -0.4 is 20.8 Å². The van der Waals surface area contributed by atoms with E-state index in [0.717, 1.165) is 34.5 Å². The molecule has 1 heterocycles. The van der Waals surface area contributed by atoms with Crippen molar-refractivity contribution in [1.82, 2.24) is 9.78 Å². The number of aryl methyl sites for hydroxylation is 1. The first kappa shape index (κ1) is 29.3. The number of carbonyl (C=O) groups excluding carboxylic acids is 1. The summed E-state index contributed by atoms with van der Waals surface area (Å²) in [6.45, 7) is 4.17. The van der Waals surface area contributed by atoms with Crippen LogP contribution in [0, 0.1) is 0 Å². The molecular formula is C29H27F3N6O2S. The van der Waals surface area contributed by atoms with Crippen LogP contribution in [0.5, 0.6) is 5.75 Å². The van der Waals surface area contributed by atoms with Crippen LogP contribution in [-0.2, 0) is 7.05 Å². The fourth-order valence-electron chi connectivity index (χ4n) is 3.99. The van der Waals surface area contributed by atoms with Gasteiger partial charge in [0.15, 0.2) is 5.11 Å². The SMILES string of the molecule is CC(C)c1ccccc1N(/N=C/c1ccc(-c2cc(NC(=O)c3ccc(OC(F)(F)F)cc3)n(C)n2)cc1)C(N)=S. The van der Waals surface area contributed by atoms with E-state index in [9.17, 15) is 18.0 Å². The molecule has 41 heavy (non-hydrogen) atoms. The number of hydrazone groups is 1. The Hall–Kier alpha value is -4.71. The fourth-order valence-corrected chi connectivity index (χ4v) is 4.14. The van der Waals surface area contributed by atoms with Gasteiger partial charge in [0.05, 0.1) is 17.6 Å². The highest BCUT2D eigenvalue weighted by Crippen LogP contribution is 2.28. The summed E-state index contributed by atoms with van der Waals surface area (Å²) in [5.41, 5.74) is 10.2. The van der Waals surface area contributed by atoms with Gasteiger partial charge < -0.3 is 15.8 Å². The lowest BCUT2D eigenvalue weighted by Gasteiger charge is -2.21. The van der Waals surface area contributed by atoms with Crippen LogP contribution in [-0.4, -0.2) is 33.4 Å².